The fourth-order valence-electron chi connectivity index (χ4n) is 2.76. The van der Waals surface area contributed by atoms with Crippen LogP contribution in [0, 0.1) is 0 Å². The van der Waals surface area contributed by atoms with E-state index in [9.17, 15) is 18.3 Å². The number of benzene rings is 1. The van der Waals surface area contributed by atoms with Crippen LogP contribution < -0.4 is 4.74 Å². The number of sulfone groups is 1. The van der Waals surface area contributed by atoms with E-state index in [0.717, 1.165) is 11.8 Å². The van der Waals surface area contributed by atoms with E-state index < -0.39 is 15.9 Å². The fraction of sp³-hybridized carbons (Fsp3) is 0.333. The molecule has 10 heteroatoms. The van der Waals surface area contributed by atoms with Gasteiger partial charge in [-0.15, -0.1) is 0 Å². The van der Waals surface area contributed by atoms with Crippen LogP contribution in [0.1, 0.15) is 12.0 Å². The van der Waals surface area contributed by atoms with Crippen molar-refractivity contribution in [2.45, 2.75) is 12.5 Å². The van der Waals surface area contributed by atoms with Crippen molar-refractivity contribution in [3.63, 3.8) is 0 Å². The highest BCUT2D eigenvalue weighted by Crippen LogP contribution is 2.39. The Morgan fingerprint density at radius 2 is 2.20 bits per heavy atom. The van der Waals surface area contributed by atoms with Crippen LogP contribution in [-0.4, -0.2) is 53.3 Å². The Kier molecular flexibility index (Phi) is 5.16. The minimum Gasteiger partial charge on any atom is -0.503 e. The molecule has 1 atom stereocenters. The van der Waals surface area contributed by atoms with Gasteiger partial charge in [0.05, 0.1) is 34.0 Å². The minimum atomic E-state index is -3.11. The highest BCUT2D eigenvalue weighted by atomic mass is 79.9. The molecule has 2 fully saturated rings. The van der Waals surface area contributed by atoms with Crippen LogP contribution in [0.3, 0.4) is 0 Å². The third kappa shape index (κ3) is 3.71. The average Bonchev–Trinajstić information content (AvgIpc) is 3.02. The second kappa shape index (κ2) is 6.90. The van der Waals surface area contributed by atoms with Crippen molar-refractivity contribution in [3.8, 4) is 11.5 Å². The van der Waals surface area contributed by atoms with Crippen molar-refractivity contribution >= 4 is 66.1 Å². The maximum absolute atomic E-state index is 12.7. The van der Waals surface area contributed by atoms with Gasteiger partial charge in [0.15, 0.2) is 21.3 Å². The predicted octanol–water partition coefficient (Wildman–Crippen LogP) is 2.55. The summed E-state index contributed by atoms with van der Waals surface area (Å²) in [7, 11) is -1.67. The number of thiocarbonyl (C=S) groups is 1. The smallest absolute Gasteiger partial charge is 0.266 e. The molecule has 0 radical (unpaired) electrons. The molecule has 3 rings (SSSR count). The maximum atomic E-state index is 12.7. The first-order chi connectivity index (χ1) is 11.7. The van der Waals surface area contributed by atoms with E-state index in [1.54, 1.807) is 18.2 Å². The number of nitrogens with zero attached hydrogens (tertiary/aromatic N) is 1. The van der Waals surface area contributed by atoms with Crippen LogP contribution in [0.4, 0.5) is 0 Å². The number of thioether (sulfide) groups is 1. The fourth-order valence-corrected chi connectivity index (χ4v) is 6.32. The van der Waals surface area contributed by atoms with Gasteiger partial charge in [0, 0.05) is 0 Å². The van der Waals surface area contributed by atoms with Gasteiger partial charge in [-0.05, 0) is 46.1 Å². The van der Waals surface area contributed by atoms with E-state index in [2.05, 4.69) is 15.9 Å². The molecule has 0 bridgehead atoms. The number of carbonyl (C=O) groups excluding carboxylic acids is 1. The summed E-state index contributed by atoms with van der Waals surface area (Å²) >= 11 is 9.66. The number of phenolic OH excluding ortho intramolecular Hbond substituents is 1. The van der Waals surface area contributed by atoms with Gasteiger partial charge >= 0.3 is 0 Å². The van der Waals surface area contributed by atoms with Gasteiger partial charge in [-0.3, -0.25) is 9.69 Å². The quantitative estimate of drug-likeness (QED) is 0.544. The second-order valence-electron chi connectivity index (χ2n) is 5.66. The molecule has 6 nitrogen and oxygen atoms in total. The zero-order chi connectivity index (χ0) is 18.4. The van der Waals surface area contributed by atoms with E-state index in [4.69, 9.17) is 17.0 Å². The lowest BCUT2D eigenvalue weighted by Gasteiger charge is -2.20. The third-order valence-electron chi connectivity index (χ3n) is 3.97. The van der Waals surface area contributed by atoms with Crippen LogP contribution >= 0.6 is 39.9 Å². The maximum Gasteiger partial charge on any atom is 0.266 e. The first kappa shape index (κ1) is 18.7. The third-order valence-corrected chi connectivity index (χ3v) is 7.65. The van der Waals surface area contributed by atoms with Crippen molar-refractivity contribution in [3.05, 3.63) is 27.1 Å². The molecule has 0 unspecified atom stereocenters. The zero-order valence-corrected chi connectivity index (χ0v) is 17.1. The SMILES string of the molecule is COc1cc(/C=C2\SC(=S)N([C@@H]3CCS(=O)(=O)C3)C2=O)cc(Br)c1O. The second-order valence-corrected chi connectivity index (χ2v) is 10.4. The molecular formula is C15H14BrNO5S3. The van der Waals surface area contributed by atoms with Gasteiger partial charge < -0.3 is 9.84 Å². The lowest BCUT2D eigenvalue weighted by atomic mass is 10.1. The minimum absolute atomic E-state index is 0.0247. The molecule has 2 heterocycles. The molecule has 1 aromatic rings. The molecule has 1 aromatic carbocycles. The molecule has 0 saturated carbocycles. The van der Waals surface area contributed by atoms with Crippen LogP contribution in [0.5, 0.6) is 11.5 Å². The Morgan fingerprint density at radius 3 is 2.80 bits per heavy atom. The zero-order valence-electron chi connectivity index (χ0n) is 13.1. The Labute approximate surface area is 163 Å². The van der Waals surface area contributed by atoms with Crippen molar-refractivity contribution in [1.29, 1.82) is 0 Å². The first-order valence-corrected chi connectivity index (χ1v) is 11.1. The average molecular weight is 464 g/mol. The molecular weight excluding hydrogens is 450 g/mol. The van der Waals surface area contributed by atoms with E-state index in [0.29, 0.717) is 25.7 Å². The number of amides is 1. The number of halogens is 1. The molecule has 1 N–H and O–H groups in total. The molecule has 2 aliphatic rings. The number of hydrogen-bond donors (Lipinski definition) is 1. The summed E-state index contributed by atoms with van der Waals surface area (Å²) in [5.74, 6) is -0.0112. The molecule has 2 aliphatic heterocycles. The van der Waals surface area contributed by atoms with Crippen LogP contribution in [0.15, 0.2) is 21.5 Å². The van der Waals surface area contributed by atoms with E-state index in [1.165, 1.54) is 12.0 Å². The van der Waals surface area contributed by atoms with Crippen molar-refractivity contribution in [1.82, 2.24) is 4.90 Å². The number of carbonyl (C=O) groups is 1. The molecule has 134 valence electrons. The lowest BCUT2D eigenvalue weighted by molar-refractivity contribution is -0.123. The Morgan fingerprint density at radius 1 is 1.48 bits per heavy atom. The Bertz CT molecular complexity index is 897. The molecule has 1 amide bonds. The Balaban J connectivity index is 1.90. The number of phenols is 1. The monoisotopic (exact) mass is 463 g/mol. The standard InChI is InChI=1S/C15H14BrNO5S3/c1-22-11-5-8(4-10(16)13(11)18)6-12-14(19)17(15(23)24-12)9-2-3-25(20,21)7-9/h4-6,9,18H,2-3,7H2,1H3/b12-6-/t9-/m1/s1. The van der Waals surface area contributed by atoms with Gasteiger partial charge in [0.25, 0.3) is 5.91 Å². The summed E-state index contributed by atoms with van der Waals surface area (Å²) in [4.78, 5) is 14.5. The highest BCUT2D eigenvalue weighted by Gasteiger charge is 2.42. The topological polar surface area (TPSA) is 83.9 Å². The summed E-state index contributed by atoms with van der Waals surface area (Å²) in [5.41, 5.74) is 0.654. The van der Waals surface area contributed by atoms with Gasteiger partial charge in [0.1, 0.15) is 4.32 Å². The summed E-state index contributed by atoms with van der Waals surface area (Å²) in [5, 5.41) is 9.86. The summed E-state index contributed by atoms with van der Waals surface area (Å²) in [6.45, 7) is 0. The number of ether oxygens (including phenoxy) is 1. The first-order valence-electron chi connectivity index (χ1n) is 7.26. The predicted molar refractivity (Wildman–Crippen MR) is 104 cm³/mol. The van der Waals surface area contributed by atoms with Gasteiger partial charge in [-0.2, -0.15) is 0 Å². The molecule has 2 saturated heterocycles. The van der Waals surface area contributed by atoms with Crippen LogP contribution in [-0.2, 0) is 14.6 Å². The van der Waals surface area contributed by atoms with Gasteiger partial charge in [-0.1, -0.05) is 24.0 Å². The van der Waals surface area contributed by atoms with Gasteiger partial charge in [0.2, 0.25) is 0 Å². The molecule has 25 heavy (non-hydrogen) atoms. The summed E-state index contributed by atoms with van der Waals surface area (Å²) in [6, 6.07) is 2.86. The van der Waals surface area contributed by atoms with E-state index >= 15 is 0 Å². The van der Waals surface area contributed by atoms with Crippen molar-refractivity contribution < 1.29 is 23.1 Å². The van der Waals surface area contributed by atoms with Gasteiger partial charge in [-0.25, -0.2) is 8.42 Å². The summed E-state index contributed by atoms with van der Waals surface area (Å²) < 4.78 is 29.3. The Hall–Kier alpha value is -1.10. The lowest BCUT2D eigenvalue weighted by Crippen LogP contribution is -2.39. The normalized spacial score (nSPS) is 24.3. The molecule has 0 spiro atoms. The number of aromatic hydroxyl groups is 1. The highest BCUT2D eigenvalue weighted by molar-refractivity contribution is 9.10. The number of rotatable bonds is 3. The van der Waals surface area contributed by atoms with Crippen LogP contribution in [0.2, 0.25) is 0 Å². The largest absolute Gasteiger partial charge is 0.503 e. The number of methoxy groups -OCH3 is 1. The van der Waals surface area contributed by atoms with Crippen LogP contribution in [0.25, 0.3) is 6.08 Å². The van der Waals surface area contributed by atoms with E-state index in [1.807, 2.05) is 0 Å². The summed E-state index contributed by atoms with van der Waals surface area (Å²) in [6.07, 6.45) is 2.05. The molecule has 0 aliphatic carbocycles. The van der Waals surface area contributed by atoms with Crippen molar-refractivity contribution in [2.24, 2.45) is 0 Å². The van der Waals surface area contributed by atoms with E-state index in [-0.39, 0.29) is 28.9 Å². The number of hydrogen-bond acceptors (Lipinski definition) is 7. The van der Waals surface area contributed by atoms with Crippen molar-refractivity contribution in [2.75, 3.05) is 18.6 Å². The molecule has 0 aromatic heterocycles.